The molecule has 0 saturated heterocycles. The second kappa shape index (κ2) is 8.18. The van der Waals surface area contributed by atoms with Crippen LogP contribution in [0, 0.1) is 12.7 Å². The molecule has 140 valence electrons. The number of amides is 1. The second-order valence-electron chi connectivity index (χ2n) is 5.68. The summed E-state index contributed by atoms with van der Waals surface area (Å²) in [5, 5.41) is 3.28. The molecule has 1 heterocycles. The van der Waals surface area contributed by atoms with E-state index in [1.54, 1.807) is 30.3 Å². The van der Waals surface area contributed by atoms with E-state index in [1.807, 2.05) is 13.8 Å². The molecule has 0 radical (unpaired) electrons. The van der Waals surface area contributed by atoms with Crippen molar-refractivity contribution in [2.75, 3.05) is 19.0 Å². The Morgan fingerprint density at radius 3 is 2.59 bits per heavy atom. The quantitative estimate of drug-likeness (QED) is 0.653. The molecule has 7 heteroatoms. The summed E-state index contributed by atoms with van der Waals surface area (Å²) in [6, 6.07) is 11.1. The molecule has 0 aliphatic heterocycles. The largest absolute Gasteiger partial charge is 0.493 e. The van der Waals surface area contributed by atoms with Gasteiger partial charge in [-0.15, -0.1) is 11.3 Å². The van der Waals surface area contributed by atoms with Crippen LogP contribution in [0.15, 0.2) is 42.5 Å². The zero-order valence-corrected chi connectivity index (χ0v) is 16.0. The Bertz CT molecular complexity index is 954. The number of aryl methyl sites for hydroxylation is 1. The molecule has 0 aliphatic rings. The molecule has 0 fully saturated rings. The normalized spacial score (nSPS) is 10.5. The Morgan fingerprint density at radius 2 is 1.93 bits per heavy atom. The summed E-state index contributed by atoms with van der Waals surface area (Å²) in [6.07, 6.45) is 0. The van der Waals surface area contributed by atoms with Crippen LogP contribution in [0.4, 0.5) is 9.52 Å². The fraction of sp³-hybridized carbons (Fsp3) is 0.200. The van der Waals surface area contributed by atoms with Crippen molar-refractivity contribution < 1.29 is 18.7 Å². The van der Waals surface area contributed by atoms with Crippen LogP contribution < -0.4 is 14.8 Å². The van der Waals surface area contributed by atoms with Crippen molar-refractivity contribution >= 4 is 22.4 Å². The minimum absolute atomic E-state index is 0.296. The van der Waals surface area contributed by atoms with E-state index >= 15 is 0 Å². The predicted molar refractivity (Wildman–Crippen MR) is 104 cm³/mol. The lowest BCUT2D eigenvalue weighted by Gasteiger charge is -2.10. The van der Waals surface area contributed by atoms with Crippen molar-refractivity contribution in [3.05, 3.63) is 58.7 Å². The van der Waals surface area contributed by atoms with E-state index in [2.05, 4.69) is 10.3 Å². The minimum Gasteiger partial charge on any atom is -0.493 e. The second-order valence-corrected chi connectivity index (χ2v) is 6.89. The van der Waals surface area contributed by atoms with Crippen molar-refractivity contribution in [1.82, 2.24) is 4.98 Å². The summed E-state index contributed by atoms with van der Waals surface area (Å²) < 4.78 is 23.9. The molecule has 3 aromatic rings. The van der Waals surface area contributed by atoms with Gasteiger partial charge in [-0.05, 0) is 56.3 Å². The van der Waals surface area contributed by atoms with Crippen LogP contribution in [0.3, 0.4) is 0 Å². The highest BCUT2D eigenvalue weighted by Crippen LogP contribution is 2.32. The zero-order chi connectivity index (χ0) is 19.4. The van der Waals surface area contributed by atoms with Gasteiger partial charge >= 0.3 is 0 Å². The molecule has 5 nitrogen and oxygen atoms in total. The number of nitrogens with zero attached hydrogens (tertiary/aromatic N) is 1. The standard InChI is InChI=1S/C20H19FN2O3S/c1-4-26-16-10-7-14(11-17(16)25-3)19(24)23-20-22-18(12(2)27-20)13-5-8-15(21)9-6-13/h5-11H,4H2,1-3H3,(H,22,23,24). The van der Waals surface area contributed by atoms with Crippen LogP contribution in [0.2, 0.25) is 0 Å². The maximum atomic E-state index is 13.1. The van der Waals surface area contributed by atoms with Crippen LogP contribution in [-0.4, -0.2) is 24.6 Å². The van der Waals surface area contributed by atoms with Gasteiger partial charge in [-0.3, -0.25) is 10.1 Å². The zero-order valence-electron chi connectivity index (χ0n) is 15.2. The molecule has 2 aromatic carbocycles. The number of carbonyl (C=O) groups is 1. The smallest absolute Gasteiger partial charge is 0.257 e. The first-order chi connectivity index (χ1) is 13.0. The number of ether oxygens (including phenoxy) is 2. The summed E-state index contributed by atoms with van der Waals surface area (Å²) in [7, 11) is 1.53. The van der Waals surface area contributed by atoms with Crippen molar-refractivity contribution in [2.45, 2.75) is 13.8 Å². The lowest BCUT2D eigenvalue weighted by Crippen LogP contribution is -2.12. The van der Waals surface area contributed by atoms with E-state index in [9.17, 15) is 9.18 Å². The number of hydrogen-bond donors (Lipinski definition) is 1. The van der Waals surface area contributed by atoms with E-state index < -0.39 is 0 Å². The maximum absolute atomic E-state index is 13.1. The van der Waals surface area contributed by atoms with Crippen LogP contribution in [-0.2, 0) is 0 Å². The van der Waals surface area contributed by atoms with Crippen molar-refractivity contribution in [2.24, 2.45) is 0 Å². The molecular weight excluding hydrogens is 367 g/mol. The Morgan fingerprint density at radius 1 is 1.19 bits per heavy atom. The van der Waals surface area contributed by atoms with Crippen LogP contribution in [0.25, 0.3) is 11.3 Å². The fourth-order valence-electron chi connectivity index (χ4n) is 2.58. The molecule has 0 atom stereocenters. The third kappa shape index (κ3) is 4.25. The number of nitrogens with one attached hydrogen (secondary N) is 1. The molecule has 0 bridgehead atoms. The molecule has 0 aliphatic carbocycles. The number of hydrogen-bond acceptors (Lipinski definition) is 5. The molecule has 3 rings (SSSR count). The molecule has 0 saturated carbocycles. The molecule has 27 heavy (non-hydrogen) atoms. The SMILES string of the molecule is CCOc1ccc(C(=O)Nc2nc(-c3ccc(F)cc3)c(C)s2)cc1OC. The topological polar surface area (TPSA) is 60.5 Å². The lowest BCUT2D eigenvalue weighted by molar-refractivity contribution is 0.102. The third-order valence-corrected chi connectivity index (χ3v) is 4.75. The maximum Gasteiger partial charge on any atom is 0.257 e. The van der Waals surface area contributed by atoms with Gasteiger partial charge in [0.25, 0.3) is 5.91 Å². The number of rotatable bonds is 6. The van der Waals surface area contributed by atoms with E-state index in [0.29, 0.717) is 28.8 Å². The first-order valence-electron chi connectivity index (χ1n) is 8.37. The highest BCUT2D eigenvalue weighted by Gasteiger charge is 2.15. The predicted octanol–water partition coefficient (Wildman–Crippen LogP) is 4.92. The van der Waals surface area contributed by atoms with Crippen LogP contribution >= 0.6 is 11.3 Å². The third-order valence-electron chi connectivity index (χ3n) is 3.86. The van der Waals surface area contributed by atoms with E-state index in [1.165, 1.54) is 30.6 Å². The number of benzene rings is 2. The van der Waals surface area contributed by atoms with E-state index in [-0.39, 0.29) is 11.7 Å². The molecule has 1 N–H and O–H groups in total. The lowest BCUT2D eigenvalue weighted by atomic mass is 10.1. The fourth-order valence-corrected chi connectivity index (χ4v) is 3.41. The van der Waals surface area contributed by atoms with E-state index in [0.717, 1.165) is 16.1 Å². The average Bonchev–Trinajstić information content (AvgIpc) is 3.03. The number of anilines is 1. The van der Waals surface area contributed by atoms with Gasteiger partial charge in [-0.25, -0.2) is 9.37 Å². The van der Waals surface area contributed by atoms with Gasteiger partial charge in [-0.1, -0.05) is 0 Å². The first-order valence-corrected chi connectivity index (χ1v) is 9.19. The highest BCUT2D eigenvalue weighted by atomic mass is 32.1. The number of thiazole rings is 1. The number of carbonyl (C=O) groups excluding carboxylic acids is 1. The summed E-state index contributed by atoms with van der Waals surface area (Å²) in [6.45, 7) is 4.29. The van der Waals surface area contributed by atoms with Gasteiger partial charge in [0, 0.05) is 16.0 Å². The monoisotopic (exact) mass is 386 g/mol. The summed E-state index contributed by atoms with van der Waals surface area (Å²) in [4.78, 5) is 18.0. The number of aromatic nitrogens is 1. The van der Waals surface area contributed by atoms with E-state index in [4.69, 9.17) is 9.47 Å². The van der Waals surface area contributed by atoms with Crippen molar-refractivity contribution in [3.8, 4) is 22.8 Å². The molecule has 1 amide bonds. The molecule has 0 unspecified atom stereocenters. The van der Waals surface area contributed by atoms with Crippen LogP contribution in [0.5, 0.6) is 11.5 Å². The van der Waals surface area contributed by atoms with Gasteiger partial charge < -0.3 is 9.47 Å². The molecule has 1 aromatic heterocycles. The number of halogens is 1. The Labute approximate surface area is 160 Å². The summed E-state index contributed by atoms with van der Waals surface area (Å²) >= 11 is 1.36. The van der Waals surface area contributed by atoms with Crippen molar-refractivity contribution in [3.63, 3.8) is 0 Å². The molecular formula is C20H19FN2O3S. The first kappa shape index (κ1) is 18.8. The number of methoxy groups -OCH3 is 1. The molecule has 0 spiro atoms. The van der Waals surface area contributed by atoms with Gasteiger partial charge in [0.1, 0.15) is 5.82 Å². The van der Waals surface area contributed by atoms with Gasteiger partial charge in [-0.2, -0.15) is 0 Å². The van der Waals surface area contributed by atoms with Gasteiger partial charge in [0.15, 0.2) is 16.6 Å². The van der Waals surface area contributed by atoms with Gasteiger partial charge in [0.2, 0.25) is 0 Å². The van der Waals surface area contributed by atoms with Gasteiger partial charge in [0.05, 0.1) is 19.4 Å². The highest BCUT2D eigenvalue weighted by molar-refractivity contribution is 7.16. The average molecular weight is 386 g/mol. The minimum atomic E-state index is -0.301. The Balaban J connectivity index is 1.80. The van der Waals surface area contributed by atoms with Crippen LogP contribution in [0.1, 0.15) is 22.2 Å². The Hall–Kier alpha value is -2.93. The summed E-state index contributed by atoms with van der Waals surface area (Å²) in [5.74, 6) is 0.479. The Kier molecular flexibility index (Phi) is 5.71. The van der Waals surface area contributed by atoms with Crippen molar-refractivity contribution in [1.29, 1.82) is 0 Å². The summed E-state index contributed by atoms with van der Waals surface area (Å²) in [5.41, 5.74) is 1.96.